The maximum atomic E-state index is 13.4. The Balaban J connectivity index is 2.39. The Kier molecular flexibility index (Phi) is 3.99. The van der Waals surface area contributed by atoms with Crippen molar-refractivity contribution in [2.45, 2.75) is 4.90 Å². The van der Waals surface area contributed by atoms with Gasteiger partial charge in [0.25, 0.3) is 5.91 Å². The van der Waals surface area contributed by atoms with Crippen LogP contribution in [0.5, 0.6) is 0 Å². The fourth-order valence-electron chi connectivity index (χ4n) is 1.64. The van der Waals surface area contributed by atoms with Crippen molar-refractivity contribution in [2.24, 2.45) is 0 Å². The van der Waals surface area contributed by atoms with Gasteiger partial charge in [-0.1, -0.05) is 12.1 Å². The average molecular weight is 315 g/mol. The molecule has 0 fully saturated rings. The highest BCUT2D eigenvalue weighted by Gasteiger charge is 2.20. The molecule has 0 aromatic heterocycles. The molecule has 0 heterocycles. The molecule has 0 radical (unpaired) electrons. The molecule has 2 aromatic carbocycles. The molecule has 0 saturated carbocycles. The van der Waals surface area contributed by atoms with Crippen LogP contribution in [0, 0.1) is 11.6 Å². The average Bonchev–Trinajstić information content (AvgIpc) is 2.41. The second-order valence-corrected chi connectivity index (χ2v) is 5.33. The molecule has 1 amide bonds. The number of amides is 1. The minimum absolute atomic E-state index is 0.367. The van der Waals surface area contributed by atoms with Crippen LogP contribution in [0.1, 0.15) is 10.4 Å². The summed E-state index contributed by atoms with van der Waals surface area (Å²) in [4.78, 5) is 11.1. The van der Waals surface area contributed by atoms with Crippen molar-refractivity contribution in [2.75, 3.05) is 5.32 Å². The molecule has 0 spiro atoms. The molecule has 0 atom stereocenters. The van der Waals surface area contributed by atoms with Gasteiger partial charge in [0.1, 0.15) is 16.5 Å². The van der Waals surface area contributed by atoms with Gasteiger partial charge >= 0.3 is 10.2 Å². The van der Waals surface area contributed by atoms with E-state index in [-0.39, 0.29) is 5.69 Å². The van der Waals surface area contributed by atoms with Gasteiger partial charge in [-0.3, -0.25) is 4.79 Å². The number of nitrogens with one attached hydrogen (secondary N) is 1. The van der Waals surface area contributed by atoms with Crippen LogP contribution in [0.2, 0.25) is 0 Å². The molecule has 0 bridgehead atoms. The first-order valence-electron chi connectivity index (χ1n) is 5.59. The van der Waals surface area contributed by atoms with E-state index in [1.165, 1.54) is 12.1 Å². The molecule has 4 nitrogen and oxygen atoms in total. The minimum atomic E-state index is -5.06. The smallest absolute Gasteiger partial charge is 0.321 e. The molecule has 0 aliphatic rings. The van der Waals surface area contributed by atoms with Gasteiger partial charge in [0.15, 0.2) is 0 Å². The van der Waals surface area contributed by atoms with Gasteiger partial charge in [0.2, 0.25) is 0 Å². The Morgan fingerprint density at radius 2 is 1.71 bits per heavy atom. The van der Waals surface area contributed by atoms with Gasteiger partial charge in [0, 0.05) is 0 Å². The molecule has 110 valence electrons. The zero-order chi connectivity index (χ0) is 15.6. The largest absolute Gasteiger partial charge is 0.334 e. The van der Waals surface area contributed by atoms with Crippen LogP contribution < -0.4 is 5.32 Å². The van der Waals surface area contributed by atoms with Crippen molar-refractivity contribution in [3.05, 3.63) is 59.7 Å². The van der Waals surface area contributed by atoms with Crippen LogP contribution in [-0.2, 0) is 10.2 Å². The number of halogens is 3. The third-order valence-corrected chi connectivity index (χ3v) is 3.45. The number of carbonyl (C=O) groups excluding carboxylic acids is 1. The van der Waals surface area contributed by atoms with E-state index in [0.29, 0.717) is 6.07 Å². The number of hydrogen-bond donors (Lipinski definition) is 1. The molecule has 2 aromatic rings. The van der Waals surface area contributed by atoms with Crippen molar-refractivity contribution in [3.63, 3.8) is 0 Å². The van der Waals surface area contributed by atoms with Gasteiger partial charge in [-0.05, 0) is 30.3 Å². The summed E-state index contributed by atoms with van der Waals surface area (Å²) in [6, 6.07) is 6.90. The van der Waals surface area contributed by atoms with E-state index in [1.807, 2.05) is 5.32 Å². The first-order chi connectivity index (χ1) is 9.79. The van der Waals surface area contributed by atoms with E-state index < -0.39 is 38.2 Å². The Hall–Kier alpha value is -2.35. The van der Waals surface area contributed by atoms with E-state index in [9.17, 15) is 25.9 Å². The first kappa shape index (κ1) is 15.0. The molecule has 2 rings (SSSR count). The summed E-state index contributed by atoms with van der Waals surface area (Å²) in [5.74, 6) is -2.93. The quantitative estimate of drug-likeness (QED) is 0.886. The Bertz CT molecular complexity index is 806. The molecule has 0 saturated heterocycles. The van der Waals surface area contributed by atoms with Crippen molar-refractivity contribution >= 4 is 21.8 Å². The summed E-state index contributed by atoms with van der Waals surface area (Å²) in [6.07, 6.45) is 0. The number of benzene rings is 2. The topological polar surface area (TPSA) is 63.2 Å². The van der Waals surface area contributed by atoms with Gasteiger partial charge in [0.05, 0.1) is 11.3 Å². The van der Waals surface area contributed by atoms with Crippen molar-refractivity contribution < 1.29 is 25.9 Å². The Labute approximate surface area is 118 Å². The normalized spacial score (nSPS) is 11.2. The maximum absolute atomic E-state index is 13.4. The summed E-state index contributed by atoms with van der Waals surface area (Å²) >= 11 is 0. The zero-order valence-corrected chi connectivity index (χ0v) is 11.1. The third-order valence-electron chi connectivity index (χ3n) is 2.57. The lowest BCUT2D eigenvalue weighted by Crippen LogP contribution is -2.15. The van der Waals surface area contributed by atoms with Gasteiger partial charge in [-0.2, -0.15) is 8.42 Å². The van der Waals surface area contributed by atoms with E-state index in [4.69, 9.17) is 0 Å². The lowest BCUT2D eigenvalue weighted by atomic mass is 10.2. The summed E-state index contributed by atoms with van der Waals surface area (Å²) < 4.78 is 61.4. The molecule has 21 heavy (non-hydrogen) atoms. The van der Waals surface area contributed by atoms with Crippen molar-refractivity contribution in [3.8, 4) is 0 Å². The fraction of sp³-hybridized carbons (Fsp3) is 0. The monoisotopic (exact) mass is 315 g/mol. The minimum Gasteiger partial charge on any atom is -0.321 e. The molecule has 1 N–H and O–H groups in total. The van der Waals surface area contributed by atoms with Crippen LogP contribution in [0.4, 0.5) is 18.4 Å². The second kappa shape index (κ2) is 5.57. The Morgan fingerprint density at radius 3 is 2.38 bits per heavy atom. The van der Waals surface area contributed by atoms with Gasteiger partial charge in [-0.25, -0.2) is 8.78 Å². The SMILES string of the molecule is O=C(Nc1ccccc1S(=O)(=O)F)c1cc(F)ccc1F. The predicted molar refractivity (Wildman–Crippen MR) is 69.0 cm³/mol. The number of rotatable bonds is 3. The lowest BCUT2D eigenvalue weighted by molar-refractivity contribution is 0.102. The van der Waals surface area contributed by atoms with Crippen molar-refractivity contribution in [1.82, 2.24) is 0 Å². The fourth-order valence-corrected chi connectivity index (χ4v) is 2.27. The highest BCUT2D eigenvalue weighted by atomic mass is 32.3. The third kappa shape index (κ3) is 3.40. The molecule has 8 heteroatoms. The molecule has 0 aliphatic carbocycles. The second-order valence-electron chi connectivity index (χ2n) is 4.01. The van der Waals surface area contributed by atoms with Crippen LogP contribution >= 0.6 is 0 Å². The number of para-hydroxylation sites is 1. The van der Waals surface area contributed by atoms with E-state index in [1.54, 1.807) is 0 Å². The summed E-state index contributed by atoms with van der Waals surface area (Å²) in [7, 11) is -5.06. The molecular formula is C13H8F3NO3S. The van der Waals surface area contributed by atoms with Crippen LogP contribution in [0.3, 0.4) is 0 Å². The van der Waals surface area contributed by atoms with E-state index in [2.05, 4.69) is 0 Å². The zero-order valence-electron chi connectivity index (χ0n) is 10.3. The van der Waals surface area contributed by atoms with Crippen molar-refractivity contribution in [1.29, 1.82) is 0 Å². The van der Waals surface area contributed by atoms with E-state index >= 15 is 0 Å². The standard InChI is InChI=1S/C13H8F3NO3S/c14-8-5-6-10(15)9(7-8)13(18)17-11-3-1-2-4-12(11)21(16,19)20/h1-7H,(H,17,18). The first-order valence-corrected chi connectivity index (χ1v) is 6.97. The molecular weight excluding hydrogens is 307 g/mol. The van der Waals surface area contributed by atoms with Gasteiger partial charge < -0.3 is 5.32 Å². The highest BCUT2D eigenvalue weighted by Crippen LogP contribution is 2.23. The maximum Gasteiger partial charge on any atom is 0.334 e. The van der Waals surface area contributed by atoms with E-state index in [0.717, 1.165) is 24.3 Å². The number of hydrogen-bond acceptors (Lipinski definition) is 3. The molecule has 0 aliphatic heterocycles. The summed E-state index contributed by atoms with van der Waals surface area (Å²) in [5.41, 5.74) is -0.991. The highest BCUT2D eigenvalue weighted by molar-refractivity contribution is 7.86. The van der Waals surface area contributed by atoms with Crippen LogP contribution in [0.15, 0.2) is 47.4 Å². The number of carbonyl (C=O) groups is 1. The van der Waals surface area contributed by atoms with Crippen LogP contribution in [0.25, 0.3) is 0 Å². The summed E-state index contributed by atoms with van der Waals surface area (Å²) in [6.45, 7) is 0. The predicted octanol–water partition coefficient (Wildman–Crippen LogP) is 2.88. The number of anilines is 1. The van der Waals surface area contributed by atoms with Crippen LogP contribution in [-0.4, -0.2) is 14.3 Å². The lowest BCUT2D eigenvalue weighted by Gasteiger charge is -2.09. The Morgan fingerprint density at radius 1 is 1.05 bits per heavy atom. The molecule has 0 unspecified atom stereocenters. The van der Waals surface area contributed by atoms with Gasteiger partial charge in [-0.15, -0.1) is 3.89 Å². The summed E-state index contributed by atoms with van der Waals surface area (Å²) in [5, 5.41) is 2.04.